The number of hydrogen-bond donors (Lipinski definition) is 2. The van der Waals surface area contributed by atoms with E-state index >= 15 is 0 Å². The first-order chi connectivity index (χ1) is 13.8. The zero-order valence-corrected chi connectivity index (χ0v) is 17.8. The molecule has 2 N–H and O–H groups in total. The van der Waals surface area contributed by atoms with E-state index in [1.807, 2.05) is 19.1 Å². The van der Waals surface area contributed by atoms with Gasteiger partial charge in [0.1, 0.15) is 11.1 Å². The van der Waals surface area contributed by atoms with E-state index < -0.39 is 17.8 Å². The molecule has 5 nitrogen and oxygen atoms in total. The maximum atomic E-state index is 12.9. The first kappa shape index (κ1) is 21.1. The van der Waals surface area contributed by atoms with Crippen LogP contribution in [-0.2, 0) is 9.59 Å². The molecule has 1 saturated carbocycles. The number of hydrogen-bond acceptors (Lipinski definition) is 4. The van der Waals surface area contributed by atoms with Crippen LogP contribution in [0.1, 0.15) is 61.5 Å². The summed E-state index contributed by atoms with van der Waals surface area (Å²) in [5.74, 6) is -1.99. The van der Waals surface area contributed by atoms with Gasteiger partial charge in [0.05, 0.1) is 17.4 Å². The summed E-state index contributed by atoms with van der Waals surface area (Å²) in [5.41, 5.74) is 3.45. The summed E-state index contributed by atoms with van der Waals surface area (Å²) in [5, 5.41) is 22.6. The molecule has 1 aliphatic carbocycles. The molecule has 0 radical (unpaired) electrons. The number of carboxylic acid groups (broad SMARTS) is 1. The van der Waals surface area contributed by atoms with Crippen molar-refractivity contribution >= 4 is 28.2 Å². The second-order valence-corrected chi connectivity index (χ2v) is 9.18. The van der Waals surface area contributed by atoms with Crippen LogP contribution in [-0.4, -0.2) is 17.0 Å². The lowest BCUT2D eigenvalue weighted by Crippen LogP contribution is -2.36. The Labute approximate surface area is 175 Å². The Morgan fingerprint density at radius 3 is 2.34 bits per heavy atom. The predicted octanol–water partition coefficient (Wildman–Crippen LogP) is 5.55. The number of aliphatic carboxylic acids is 1. The molecular weight excluding hydrogens is 384 g/mol. The number of aryl methyl sites for hydroxylation is 1. The van der Waals surface area contributed by atoms with Gasteiger partial charge in [0.15, 0.2) is 0 Å². The van der Waals surface area contributed by atoms with Crippen molar-refractivity contribution in [2.75, 3.05) is 5.32 Å². The number of rotatable bonds is 5. The number of carboxylic acids is 1. The molecule has 0 saturated heterocycles. The Morgan fingerprint density at radius 2 is 1.79 bits per heavy atom. The number of carbonyl (C=O) groups excluding carboxylic acids is 1. The summed E-state index contributed by atoms with van der Waals surface area (Å²) in [6, 6.07) is 10.4. The molecule has 2 aromatic rings. The zero-order valence-electron chi connectivity index (χ0n) is 17.0. The van der Waals surface area contributed by atoms with E-state index in [9.17, 15) is 20.0 Å². The van der Waals surface area contributed by atoms with Crippen LogP contribution in [0.3, 0.4) is 0 Å². The summed E-state index contributed by atoms with van der Waals surface area (Å²) in [4.78, 5) is 25.3. The van der Waals surface area contributed by atoms with Crippen molar-refractivity contribution in [3.05, 3.63) is 40.3 Å². The third-order valence-corrected chi connectivity index (χ3v) is 6.74. The lowest BCUT2D eigenvalue weighted by Gasteiger charge is -2.27. The first-order valence-electron chi connectivity index (χ1n) is 10.0. The summed E-state index contributed by atoms with van der Waals surface area (Å²) in [6.07, 6.45) is 2.77. The molecule has 1 aromatic heterocycles. The van der Waals surface area contributed by atoms with Crippen LogP contribution in [0.4, 0.5) is 5.00 Å². The Bertz CT molecular complexity index is 954. The van der Waals surface area contributed by atoms with Crippen molar-refractivity contribution in [1.82, 2.24) is 0 Å². The predicted molar refractivity (Wildman–Crippen MR) is 115 cm³/mol. The Hall–Kier alpha value is -2.65. The van der Waals surface area contributed by atoms with Gasteiger partial charge in [-0.1, -0.05) is 51.0 Å². The second kappa shape index (κ2) is 8.79. The van der Waals surface area contributed by atoms with Crippen molar-refractivity contribution in [3.63, 3.8) is 0 Å². The Morgan fingerprint density at radius 1 is 1.17 bits per heavy atom. The number of anilines is 1. The molecule has 2 unspecified atom stereocenters. The highest BCUT2D eigenvalue weighted by molar-refractivity contribution is 7.17. The fraction of sp³-hybridized carbons (Fsp3) is 0.435. The molecule has 6 heteroatoms. The molecule has 3 rings (SSSR count). The van der Waals surface area contributed by atoms with Gasteiger partial charge < -0.3 is 10.4 Å². The van der Waals surface area contributed by atoms with E-state index in [4.69, 9.17) is 0 Å². The van der Waals surface area contributed by atoms with Gasteiger partial charge in [0, 0.05) is 10.4 Å². The molecule has 152 valence electrons. The molecule has 1 heterocycles. The maximum absolute atomic E-state index is 12.9. The van der Waals surface area contributed by atoms with Crippen LogP contribution < -0.4 is 5.32 Å². The van der Waals surface area contributed by atoms with Crippen molar-refractivity contribution in [2.45, 2.75) is 52.4 Å². The minimum atomic E-state index is -0.918. The molecule has 1 aliphatic rings. The van der Waals surface area contributed by atoms with Crippen LogP contribution in [0, 0.1) is 30.1 Å². The van der Waals surface area contributed by atoms with Crippen LogP contribution in [0.25, 0.3) is 11.1 Å². The lowest BCUT2D eigenvalue weighted by atomic mass is 9.79. The minimum absolute atomic E-state index is 0.295. The van der Waals surface area contributed by atoms with Gasteiger partial charge in [0.25, 0.3) is 0 Å². The molecule has 1 amide bonds. The normalized spacial score (nSPS) is 19.0. The van der Waals surface area contributed by atoms with Crippen molar-refractivity contribution < 1.29 is 14.7 Å². The van der Waals surface area contributed by atoms with Gasteiger partial charge in [-0.05, 0) is 36.8 Å². The SMILES string of the molecule is Cc1sc(NC(=O)C2CCCCC2C(=O)O)c(C#N)c1-c1ccc(C(C)C)cc1. The van der Waals surface area contributed by atoms with Crippen LogP contribution in [0.2, 0.25) is 0 Å². The molecule has 1 fully saturated rings. The van der Waals surface area contributed by atoms with Gasteiger partial charge in [-0.2, -0.15) is 5.26 Å². The van der Waals surface area contributed by atoms with E-state index in [2.05, 4.69) is 37.4 Å². The molecule has 0 aliphatic heterocycles. The first-order valence-corrected chi connectivity index (χ1v) is 10.8. The van der Waals surface area contributed by atoms with Crippen molar-refractivity contribution in [2.24, 2.45) is 11.8 Å². The molecule has 2 atom stereocenters. The molecular formula is C23H26N2O3S. The fourth-order valence-electron chi connectivity index (χ4n) is 4.07. The van der Waals surface area contributed by atoms with Gasteiger partial charge in [0.2, 0.25) is 5.91 Å². The number of nitrogens with one attached hydrogen (secondary N) is 1. The Balaban J connectivity index is 1.89. The number of nitrogens with zero attached hydrogens (tertiary/aromatic N) is 1. The number of amides is 1. The monoisotopic (exact) mass is 410 g/mol. The number of nitriles is 1. The average molecular weight is 411 g/mol. The van der Waals surface area contributed by atoms with Gasteiger partial charge >= 0.3 is 5.97 Å². The minimum Gasteiger partial charge on any atom is -0.481 e. The second-order valence-electron chi connectivity index (χ2n) is 7.95. The summed E-state index contributed by atoms with van der Waals surface area (Å²) in [7, 11) is 0. The fourth-order valence-corrected chi connectivity index (χ4v) is 5.10. The van der Waals surface area contributed by atoms with E-state index in [-0.39, 0.29) is 5.91 Å². The summed E-state index contributed by atoms with van der Waals surface area (Å²) in [6.45, 7) is 6.21. The molecule has 1 aromatic carbocycles. The van der Waals surface area contributed by atoms with Gasteiger partial charge in [-0.3, -0.25) is 9.59 Å². The smallest absolute Gasteiger partial charge is 0.307 e. The Kier molecular flexibility index (Phi) is 6.39. The highest BCUT2D eigenvalue weighted by Crippen LogP contribution is 2.40. The van der Waals surface area contributed by atoms with Crippen LogP contribution in [0.5, 0.6) is 0 Å². The average Bonchev–Trinajstić information content (AvgIpc) is 3.02. The maximum Gasteiger partial charge on any atom is 0.307 e. The number of benzene rings is 1. The highest BCUT2D eigenvalue weighted by atomic mass is 32.1. The molecule has 0 bridgehead atoms. The number of thiophene rings is 1. The van der Waals surface area contributed by atoms with Gasteiger partial charge in [-0.15, -0.1) is 11.3 Å². The topological polar surface area (TPSA) is 90.2 Å². The third-order valence-electron chi connectivity index (χ3n) is 5.72. The quantitative estimate of drug-likeness (QED) is 0.676. The van der Waals surface area contributed by atoms with Crippen LogP contribution in [0.15, 0.2) is 24.3 Å². The lowest BCUT2D eigenvalue weighted by molar-refractivity contribution is -0.147. The van der Waals surface area contributed by atoms with Crippen molar-refractivity contribution in [3.8, 4) is 17.2 Å². The molecule has 29 heavy (non-hydrogen) atoms. The standard InChI is InChI=1S/C23H26N2O3S/c1-13(2)15-8-10-16(11-9-15)20-14(3)29-22(19(20)12-24)25-21(26)17-6-4-5-7-18(17)23(27)28/h8-11,13,17-18H,4-7H2,1-3H3,(H,25,26)(H,27,28). The van der Waals surface area contributed by atoms with Crippen molar-refractivity contribution in [1.29, 1.82) is 5.26 Å². The molecule has 0 spiro atoms. The largest absolute Gasteiger partial charge is 0.481 e. The third kappa shape index (κ3) is 4.35. The van der Waals surface area contributed by atoms with Crippen LogP contribution >= 0.6 is 11.3 Å². The highest BCUT2D eigenvalue weighted by Gasteiger charge is 2.36. The zero-order chi connectivity index (χ0) is 21.1. The van der Waals surface area contributed by atoms with E-state index in [0.717, 1.165) is 28.8 Å². The summed E-state index contributed by atoms with van der Waals surface area (Å²) >= 11 is 1.37. The number of carbonyl (C=O) groups is 2. The summed E-state index contributed by atoms with van der Waals surface area (Å²) < 4.78 is 0. The van der Waals surface area contributed by atoms with E-state index in [1.165, 1.54) is 16.9 Å². The van der Waals surface area contributed by atoms with E-state index in [1.54, 1.807) is 0 Å². The van der Waals surface area contributed by atoms with E-state index in [0.29, 0.717) is 29.3 Å². The van der Waals surface area contributed by atoms with Gasteiger partial charge in [-0.25, -0.2) is 0 Å².